The largest absolute Gasteiger partial charge is 0.336 e. The molecule has 3 fully saturated rings. The Kier molecular flexibility index (Phi) is 7.92. The predicted octanol–water partition coefficient (Wildman–Crippen LogP) is 5.87. The number of nitrogens with one attached hydrogen (secondary N) is 1. The lowest BCUT2D eigenvalue weighted by molar-refractivity contribution is -0.125. The van der Waals surface area contributed by atoms with Crippen LogP contribution in [0, 0.1) is 0 Å². The first-order valence-corrected chi connectivity index (χ1v) is 13.1. The lowest BCUT2D eigenvalue weighted by atomic mass is 9.84. The van der Waals surface area contributed by atoms with Crippen molar-refractivity contribution < 1.29 is 4.79 Å². The van der Waals surface area contributed by atoms with Crippen molar-refractivity contribution in [3.63, 3.8) is 0 Å². The van der Waals surface area contributed by atoms with Crippen molar-refractivity contribution in [3.8, 4) is 0 Å². The maximum absolute atomic E-state index is 13.4. The van der Waals surface area contributed by atoms with E-state index in [0.29, 0.717) is 0 Å². The molecule has 4 heteroatoms. The summed E-state index contributed by atoms with van der Waals surface area (Å²) in [6, 6.07) is 11.4. The van der Waals surface area contributed by atoms with Crippen molar-refractivity contribution in [1.29, 1.82) is 0 Å². The molecule has 1 N–H and O–H groups in total. The molecule has 0 unspecified atom stereocenters. The van der Waals surface area contributed by atoms with E-state index in [2.05, 4.69) is 52.4 Å². The fraction of sp³-hybridized carbons (Fsp3) is 0.741. The van der Waals surface area contributed by atoms with Crippen LogP contribution in [-0.4, -0.2) is 41.6 Å². The molecule has 2 aliphatic heterocycles. The molecule has 31 heavy (non-hydrogen) atoms. The lowest BCUT2D eigenvalue weighted by Gasteiger charge is -2.47. The molecule has 1 spiro atoms. The van der Waals surface area contributed by atoms with Crippen LogP contribution in [0.5, 0.6) is 0 Å². The van der Waals surface area contributed by atoms with Crippen LogP contribution in [0.3, 0.4) is 0 Å². The first-order valence-electron chi connectivity index (χ1n) is 13.1. The zero-order valence-corrected chi connectivity index (χ0v) is 19.7. The van der Waals surface area contributed by atoms with E-state index in [1.807, 2.05) is 0 Å². The topological polar surface area (TPSA) is 35.6 Å². The minimum absolute atomic E-state index is 0.134. The summed E-state index contributed by atoms with van der Waals surface area (Å²) in [4.78, 5) is 18.6. The molecule has 0 radical (unpaired) electrons. The number of benzene rings is 1. The van der Waals surface area contributed by atoms with Crippen molar-refractivity contribution in [2.24, 2.45) is 0 Å². The van der Waals surface area contributed by atoms with E-state index < -0.39 is 0 Å². The van der Waals surface area contributed by atoms with Crippen molar-refractivity contribution in [2.45, 2.75) is 115 Å². The zero-order chi connectivity index (χ0) is 21.5. The van der Waals surface area contributed by atoms with Gasteiger partial charge in [0, 0.05) is 24.8 Å². The summed E-state index contributed by atoms with van der Waals surface area (Å²) in [5, 5.41) is 3.39. The van der Waals surface area contributed by atoms with Crippen LogP contribution in [0.25, 0.3) is 0 Å². The maximum Gasteiger partial charge on any atom is 0.247 e. The quantitative estimate of drug-likeness (QED) is 0.641. The number of unbranched alkanes of at least 4 members (excludes halogenated alkanes) is 1. The molecular weight excluding hydrogens is 382 g/mol. The van der Waals surface area contributed by atoms with Crippen LogP contribution in [-0.2, 0) is 4.79 Å². The number of amides is 1. The van der Waals surface area contributed by atoms with Crippen LogP contribution >= 0.6 is 0 Å². The number of hydrogen-bond donors (Lipinski definition) is 1. The number of carbonyl (C=O) groups excluding carboxylic acids is 1. The van der Waals surface area contributed by atoms with Crippen LogP contribution in [0.2, 0.25) is 0 Å². The minimum atomic E-state index is -0.369. The molecule has 4 nitrogen and oxygen atoms in total. The Bertz CT molecular complexity index is 673. The molecule has 2 heterocycles. The smallest absolute Gasteiger partial charge is 0.247 e. The highest BCUT2D eigenvalue weighted by molar-refractivity contribution is 5.94. The third-order valence-corrected chi connectivity index (χ3v) is 8.07. The Hall–Kier alpha value is -1.55. The molecular formula is C27H43N3O. The van der Waals surface area contributed by atoms with Gasteiger partial charge in [-0.1, -0.05) is 76.5 Å². The lowest BCUT2D eigenvalue weighted by Crippen LogP contribution is -2.58. The Morgan fingerprint density at radius 3 is 2.16 bits per heavy atom. The zero-order valence-electron chi connectivity index (χ0n) is 19.7. The fourth-order valence-corrected chi connectivity index (χ4v) is 6.25. The van der Waals surface area contributed by atoms with E-state index in [9.17, 15) is 4.79 Å². The summed E-state index contributed by atoms with van der Waals surface area (Å²) in [5.74, 6) is 0.267. The highest BCUT2D eigenvalue weighted by Crippen LogP contribution is 2.40. The van der Waals surface area contributed by atoms with E-state index in [4.69, 9.17) is 0 Å². The molecule has 1 aromatic rings. The first kappa shape index (κ1) is 22.6. The normalized spacial score (nSPS) is 26.2. The second-order valence-corrected chi connectivity index (χ2v) is 10.1. The van der Waals surface area contributed by atoms with Gasteiger partial charge in [0.05, 0.1) is 0 Å². The summed E-state index contributed by atoms with van der Waals surface area (Å²) in [7, 11) is 0. The molecule has 2 saturated heterocycles. The first-order chi connectivity index (χ1) is 15.2. The van der Waals surface area contributed by atoms with E-state index in [1.54, 1.807) is 0 Å². The maximum atomic E-state index is 13.4. The fourth-order valence-electron chi connectivity index (χ4n) is 6.25. The highest BCUT2D eigenvalue weighted by Gasteiger charge is 2.54. The van der Waals surface area contributed by atoms with Gasteiger partial charge in [0.25, 0.3) is 0 Å². The Labute approximate surface area is 189 Å². The van der Waals surface area contributed by atoms with Crippen molar-refractivity contribution in [3.05, 3.63) is 30.3 Å². The van der Waals surface area contributed by atoms with Crippen LogP contribution in [0.4, 0.5) is 5.69 Å². The average Bonchev–Trinajstić information content (AvgIpc) is 3.07. The summed E-state index contributed by atoms with van der Waals surface area (Å²) >= 11 is 0. The van der Waals surface area contributed by atoms with E-state index in [1.165, 1.54) is 63.5 Å². The minimum Gasteiger partial charge on any atom is -0.336 e. The molecule has 172 valence electrons. The number of para-hydroxylation sites is 1. The van der Waals surface area contributed by atoms with Gasteiger partial charge in [0.2, 0.25) is 5.91 Å². The van der Waals surface area contributed by atoms with Gasteiger partial charge in [0.1, 0.15) is 11.7 Å². The number of anilines is 1. The highest BCUT2D eigenvalue weighted by atomic mass is 16.2. The number of nitrogens with zero attached hydrogens (tertiary/aromatic N) is 2. The van der Waals surface area contributed by atoms with Gasteiger partial charge in [0.15, 0.2) is 0 Å². The third kappa shape index (κ3) is 5.10. The molecule has 0 aromatic heterocycles. The Morgan fingerprint density at radius 1 is 0.935 bits per heavy atom. The summed E-state index contributed by atoms with van der Waals surface area (Å²) < 4.78 is 0. The number of piperidine rings is 1. The van der Waals surface area contributed by atoms with Crippen LogP contribution in [0.15, 0.2) is 30.3 Å². The Balaban J connectivity index is 1.48. The van der Waals surface area contributed by atoms with Gasteiger partial charge in [-0.05, 0) is 50.7 Å². The third-order valence-electron chi connectivity index (χ3n) is 8.07. The van der Waals surface area contributed by atoms with E-state index in [-0.39, 0.29) is 17.6 Å². The standard InChI is InChI=1S/C27H43N3O/c1-2-3-18-25-28-26(31)27(30(25)24-16-12-9-13-17-24)19-21-29(22-20-27)23-14-10-7-5-4-6-8-11-15-23/h9,12-13,16-17,23,25H,2-8,10-11,14-15,18-22H2,1H3,(H,28,31)/t25-/m0/s1. The molecule has 1 aromatic carbocycles. The molecule has 4 rings (SSSR count). The molecule has 1 atom stereocenters. The number of likely N-dealkylation sites (tertiary alicyclic amines) is 1. The summed E-state index contributed by atoms with van der Waals surface area (Å²) in [6.45, 7) is 4.35. The summed E-state index contributed by atoms with van der Waals surface area (Å²) in [6.07, 6.45) is 17.9. The van der Waals surface area contributed by atoms with Crippen molar-refractivity contribution in [1.82, 2.24) is 10.2 Å². The number of hydrogen-bond acceptors (Lipinski definition) is 3. The SMILES string of the molecule is CCCC[C@H]1NC(=O)C2(CCN(C3CCCCCCCCC3)CC2)N1c1ccccc1. The van der Waals surface area contributed by atoms with Crippen LogP contribution in [0.1, 0.15) is 96.8 Å². The number of carbonyl (C=O) groups is 1. The monoisotopic (exact) mass is 425 g/mol. The second-order valence-electron chi connectivity index (χ2n) is 10.1. The molecule has 1 saturated carbocycles. The van der Waals surface area contributed by atoms with Crippen molar-refractivity contribution >= 4 is 11.6 Å². The Morgan fingerprint density at radius 2 is 1.55 bits per heavy atom. The van der Waals surface area contributed by atoms with Gasteiger partial charge in [-0.25, -0.2) is 0 Å². The van der Waals surface area contributed by atoms with Crippen molar-refractivity contribution in [2.75, 3.05) is 18.0 Å². The molecule has 1 aliphatic carbocycles. The van der Waals surface area contributed by atoms with Gasteiger partial charge in [-0.15, -0.1) is 0 Å². The van der Waals surface area contributed by atoms with E-state index in [0.717, 1.165) is 51.2 Å². The second kappa shape index (κ2) is 10.8. The molecule has 0 bridgehead atoms. The van der Waals surface area contributed by atoms with Gasteiger partial charge < -0.3 is 15.1 Å². The molecule has 1 amide bonds. The van der Waals surface area contributed by atoms with Gasteiger partial charge in [-0.2, -0.15) is 0 Å². The predicted molar refractivity (Wildman–Crippen MR) is 129 cm³/mol. The number of rotatable bonds is 5. The van der Waals surface area contributed by atoms with E-state index >= 15 is 0 Å². The molecule has 3 aliphatic rings. The summed E-state index contributed by atoms with van der Waals surface area (Å²) in [5.41, 5.74) is 0.834. The van der Waals surface area contributed by atoms with Gasteiger partial charge in [-0.3, -0.25) is 4.79 Å². The van der Waals surface area contributed by atoms with Gasteiger partial charge >= 0.3 is 0 Å². The van der Waals surface area contributed by atoms with Crippen LogP contribution < -0.4 is 10.2 Å². The average molecular weight is 426 g/mol.